The molecule has 0 saturated heterocycles. The maximum atomic E-state index is 9.75. The summed E-state index contributed by atoms with van der Waals surface area (Å²) in [5.41, 5.74) is 3.78. The van der Waals surface area contributed by atoms with E-state index in [-0.39, 0.29) is 6.10 Å². The first kappa shape index (κ1) is 13.4. The van der Waals surface area contributed by atoms with Crippen molar-refractivity contribution in [2.24, 2.45) is 11.3 Å². The van der Waals surface area contributed by atoms with Gasteiger partial charge in [-0.1, -0.05) is 36.6 Å². The van der Waals surface area contributed by atoms with Crippen LogP contribution in [0.3, 0.4) is 0 Å². The van der Waals surface area contributed by atoms with Crippen molar-refractivity contribution in [3.63, 3.8) is 0 Å². The lowest BCUT2D eigenvalue weighted by Gasteiger charge is -2.38. The first-order valence-electron chi connectivity index (χ1n) is 8.24. The van der Waals surface area contributed by atoms with Crippen molar-refractivity contribution in [1.82, 2.24) is 0 Å². The van der Waals surface area contributed by atoms with Gasteiger partial charge in [-0.2, -0.15) is 0 Å². The van der Waals surface area contributed by atoms with E-state index >= 15 is 0 Å². The van der Waals surface area contributed by atoms with E-state index < -0.39 is 0 Å². The van der Waals surface area contributed by atoms with Gasteiger partial charge in [-0.3, -0.25) is 0 Å². The standard InChI is InChI=1S/C18H28O/c1-18-11-3-6-15(17(18)8-4-12-18)10-9-14-5-2-7-16(19)13-14/h9-10,16-17,19H,2-8,11-13H2,1H3/b14-9-,15-10+/t16-,17?,18+/m0/s1. The SMILES string of the molecule is C[C@]12CCC/C(=C\C=C3\CCC[C@H](O)C3)C1CCC2. The van der Waals surface area contributed by atoms with E-state index in [0.29, 0.717) is 5.41 Å². The molecule has 19 heavy (non-hydrogen) atoms. The van der Waals surface area contributed by atoms with Crippen LogP contribution in [-0.2, 0) is 0 Å². The van der Waals surface area contributed by atoms with Gasteiger partial charge in [-0.15, -0.1) is 0 Å². The molecule has 1 heteroatoms. The van der Waals surface area contributed by atoms with E-state index in [2.05, 4.69) is 19.1 Å². The maximum Gasteiger partial charge on any atom is 0.0577 e. The molecule has 106 valence electrons. The number of fused-ring (bicyclic) bond motifs is 1. The average Bonchev–Trinajstić information content (AvgIpc) is 2.78. The van der Waals surface area contributed by atoms with Gasteiger partial charge >= 0.3 is 0 Å². The van der Waals surface area contributed by atoms with Gasteiger partial charge in [0.05, 0.1) is 6.10 Å². The predicted octanol–water partition coefficient (Wildman–Crippen LogP) is 4.76. The lowest BCUT2D eigenvalue weighted by Crippen LogP contribution is -2.27. The summed E-state index contributed by atoms with van der Waals surface area (Å²) in [6.45, 7) is 2.51. The molecule has 0 amide bonds. The smallest absolute Gasteiger partial charge is 0.0577 e. The van der Waals surface area contributed by atoms with Gasteiger partial charge in [0.2, 0.25) is 0 Å². The van der Waals surface area contributed by atoms with Gasteiger partial charge < -0.3 is 5.11 Å². The third kappa shape index (κ3) is 2.81. The molecule has 0 aromatic heterocycles. The molecule has 0 bridgehead atoms. The highest BCUT2D eigenvalue weighted by Gasteiger charge is 2.42. The first-order chi connectivity index (χ1) is 9.17. The van der Waals surface area contributed by atoms with Crippen LogP contribution in [0.15, 0.2) is 23.3 Å². The molecule has 0 radical (unpaired) electrons. The van der Waals surface area contributed by atoms with E-state index in [0.717, 1.165) is 25.2 Å². The molecule has 3 aliphatic rings. The molecule has 3 rings (SSSR count). The normalized spacial score (nSPS) is 43.7. The maximum absolute atomic E-state index is 9.75. The third-order valence-corrected chi connectivity index (χ3v) is 5.81. The monoisotopic (exact) mass is 260 g/mol. The molecule has 3 saturated carbocycles. The fourth-order valence-electron chi connectivity index (χ4n) is 4.68. The van der Waals surface area contributed by atoms with Crippen LogP contribution in [0.4, 0.5) is 0 Å². The zero-order valence-corrected chi connectivity index (χ0v) is 12.3. The Morgan fingerprint density at radius 1 is 1.05 bits per heavy atom. The van der Waals surface area contributed by atoms with E-state index in [9.17, 15) is 5.11 Å². The van der Waals surface area contributed by atoms with Crippen molar-refractivity contribution in [3.05, 3.63) is 23.3 Å². The van der Waals surface area contributed by atoms with Gasteiger partial charge in [0, 0.05) is 0 Å². The Labute approximate surface area is 117 Å². The number of allylic oxidation sites excluding steroid dienone is 3. The average molecular weight is 260 g/mol. The van der Waals surface area contributed by atoms with Crippen molar-refractivity contribution >= 4 is 0 Å². The minimum Gasteiger partial charge on any atom is -0.393 e. The van der Waals surface area contributed by atoms with E-state index in [1.165, 1.54) is 50.5 Å². The predicted molar refractivity (Wildman–Crippen MR) is 79.9 cm³/mol. The van der Waals surface area contributed by atoms with Crippen molar-refractivity contribution in [3.8, 4) is 0 Å². The molecule has 0 spiro atoms. The molecule has 0 aliphatic heterocycles. The summed E-state index contributed by atoms with van der Waals surface area (Å²) in [4.78, 5) is 0. The Balaban J connectivity index is 1.73. The Hall–Kier alpha value is -0.560. The van der Waals surface area contributed by atoms with Crippen LogP contribution in [0.25, 0.3) is 0 Å². The van der Waals surface area contributed by atoms with Crippen molar-refractivity contribution in [1.29, 1.82) is 0 Å². The summed E-state index contributed by atoms with van der Waals surface area (Å²) < 4.78 is 0. The molecular formula is C18H28O. The zero-order chi connectivity index (χ0) is 13.3. The molecule has 3 atom stereocenters. The molecule has 1 unspecified atom stereocenters. The van der Waals surface area contributed by atoms with Crippen molar-refractivity contribution in [2.45, 2.75) is 77.2 Å². The summed E-state index contributed by atoms with van der Waals surface area (Å²) in [5, 5.41) is 9.75. The van der Waals surface area contributed by atoms with Gasteiger partial charge in [-0.25, -0.2) is 0 Å². The molecule has 3 fully saturated rings. The lowest BCUT2D eigenvalue weighted by molar-refractivity contribution is 0.149. The van der Waals surface area contributed by atoms with E-state index in [4.69, 9.17) is 0 Å². The Kier molecular flexibility index (Phi) is 3.84. The zero-order valence-electron chi connectivity index (χ0n) is 12.3. The Morgan fingerprint density at radius 2 is 1.89 bits per heavy atom. The first-order valence-corrected chi connectivity index (χ1v) is 8.24. The number of aliphatic hydroxyl groups is 1. The van der Waals surface area contributed by atoms with E-state index in [1.807, 2.05) is 0 Å². The van der Waals surface area contributed by atoms with E-state index in [1.54, 1.807) is 5.57 Å². The molecule has 0 aromatic rings. The molecule has 0 aromatic carbocycles. The summed E-state index contributed by atoms with van der Waals surface area (Å²) >= 11 is 0. The van der Waals surface area contributed by atoms with Crippen molar-refractivity contribution < 1.29 is 5.11 Å². The highest BCUT2D eigenvalue weighted by atomic mass is 16.3. The second-order valence-electron chi connectivity index (χ2n) is 7.27. The number of rotatable bonds is 1. The second-order valence-corrected chi connectivity index (χ2v) is 7.27. The van der Waals surface area contributed by atoms with Crippen LogP contribution in [0.5, 0.6) is 0 Å². The summed E-state index contributed by atoms with van der Waals surface area (Å²) in [5.74, 6) is 0.853. The van der Waals surface area contributed by atoms with Gasteiger partial charge in [-0.05, 0) is 69.1 Å². The quantitative estimate of drug-likeness (QED) is 0.720. The van der Waals surface area contributed by atoms with Gasteiger partial charge in [0.15, 0.2) is 0 Å². The minimum atomic E-state index is -0.0819. The van der Waals surface area contributed by atoms with Gasteiger partial charge in [0.25, 0.3) is 0 Å². The molecule has 0 heterocycles. The number of hydrogen-bond donors (Lipinski definition) is 1. The summed E-state index contributed by atoms with van der Waals surface area (Å²) in [7, 11) is 0. The van der Waals surface area contributed by atoms with Crippen LogP contribution in [-0.4, -0.2) is 11.2 Å². The topological polar surface area (TPSA) is 20.2 Å². The van der Waals surface area contributed by atoms with Gasteiger partial charge in [0.1, 0.15) is 0 Å². The highest BCUT2D eigenvalue weighted by Crippen LogP contribution is 2.54. The highest BCUT2D eigenvalue weighted by molar-refractivity contribution is 5.24. The minimum absolute atomic E-state index is 0.0819. The number of aliphatic hydroxyl groups excluding tert-OH is 1. The third-order valence-electron chi connectivity index (χ3n) is 5.81. The van der Waals surface area contributed by atoms with Crippen LogP contribution in [0.1, 0.15) is 71.1 Å². The fraction of sp³-hybridized carbons (Fsp3) is 0.778. The Bertz CT molecular complexity index is 392. The van der Waals surface area contributed by atoms with Crippen LogP contribution < -0.4 is 0 Å². The molecular weight excluding hydrogens is 232 g/mol. The van der Waals surface area contributed by atoms with Crippen LogP contribution in [0, 0.1) is 11.3 Å². The lowest BCUT2D eigenvalue weighted by atomic mass is 9.67. The summed E-state index contributed by atoms with van der Waals surface area (Å²) in [6.07, 6.45) is 17.4. The van der Waals surface area contributed by atoms with Crippen LogP contribution in [0.2, 0.25) is 0 Å². The molecule has 1 N–H and O–H groups in total. The summed E-state index contributed by atoms with van der Waals surface area (Å²) in [6, 6.07) is 0. The van der Waals surface area contributed by atoms with Crippen molar-refractivity contribution in [2.75, 3.05) is 0 Å². The molecule has 3 aliphatic carbocycles. The fourth-order valence-corrected chi connectivity index (χ4v) is 4.68. The molecule has 1 nitrogen and oxygen atoms in total. The second kappa shape index (κ2) is 5.44. The van der Waals surface area contributed by atoms with Crippen LogP contribution >= 0.6 is 0 Å². The largest absolute Gasteiger partial charge is 0.393 e. The Morgan fingerprint density at radius 3 is 2.74 bits per heavy atom. The number of hydrogen-bond acceptors (Lipinski definition) is 1.